The Bertz CT molecular complexity index is 813. The van der Waals surface area contributed by atoms with Crippen molar-refractivity contribution in [3.05, 3.63) is 65.7 Å². The van der Waals surface area contributed by atoms with Gasteiger partial charge < -0.3 is 4.90 Å². The number of hydrogen-bond acceptors (Lipinski definition) is 3. The Balaban J connectivity index is 1.77. The van der Waals surface area contributed by atoms with Gasteiger partial charge >= 0.3 is 0 Å². The van der Waals surface area contributed by atoms with E-state index in [2.05, 4.69) is 0 Å². The Morgan fingerprint density at radius 2 is 1.71 bits per heavy atom. The molecule has 4 nitrogen and oxygen atoms in total. The van der Waals surface area contributed by atoms with Crippen LogP contribution in [-0.2, 0) is 21.2 Å². The Hall–Kier alpha value is -2.14. The van der Waals surface area contributed by atoms with E-state index in [1.165, 1.54) is 0 Å². The first-order valence-corrected chi connectivity index (χ1v) is 9.74. The minimum Gasteiger partial charge on any atom is -0.334 e. The van der Waals surface area contributed by atoms with Crippen LogP contribution in [0.2, 0.25) is 0 Å². The number of sulfone groups is 1. The minimum absolute atomic E-state index is 0.0192. The van der Waals surface area contributed by atoms with E-state index in [9.17, 15) is 13.2 Å². The SMILES string of the molecule is Cc1ccc(S(=O)(=O)CC2CCC(=O)N2Cc2ccccc2)cc1. The van der Waals surface area contributed by atoms with Crippen molar-refractivity contribution in [2.45, 2.75) is 37.2 Å². The van der Waals surface area contributed by atoms with Gasteiger partial charge in [0.05, 0.1) is 10.6 Å². The van der Waals surface area contributed by atoms with Gasteiger partial charge in [-0.25, -0.2) is 8.42 Å². The van der Waals surface area contributed by atoms with Crippen molar-refractivity contribution >= 4 is 15.7 Å². The van der Waals surface area contributed by atoms with Crippen LogP contribution in [0.3, 0.4) is 0 Å². The first-order chi connectivity index (χ1) is 11.5. The van der Waals surface area contributed by atoms with Gasteiger partial charge in [0.25, 0.3) is 0 Å². The molecule has 0 aliphatic carbocycles. The lowest BCUT2D eigenvalue weighted by molar-refractivity contribution is -0.129. The predicted octanol–water partition coefficient (Wildman–Crippen LogP) is 2.96. The van der Waals surface area contributed by atoms with Crippen LogP contribution in [-0.4, -0.2) is 31.0 Å². The van der Waals surface area contributed by atoms with Crippen molar-refractivity contribution < 1.29 is 13.2 Å². The maximum atomic E-state index is 12.7. The monoisotopic (exact) mass is 343 g/mol. The Kier molecular flexibility index (Phi) is 4.71. The first-order valence-electron chi connectivity index (χ1n) is 8.08. The summed E-state index contributed by atoms with van der Waals surface area (Å²) < 4.78 is 25.3. The largest absolute Gasteiger partial charge is 0.334 e. The number of hydrogen-bond donors (Lipinski definition) is 0. The molecule has 0 radical (unpaired) electrons. The molecule has 0 spiro atoms. The number of benzene rings is 2. The highest BCUT2D eigenvalue weighted by Gasteiger charge is 2.34. The maximum Gasteiger partial charge on any atom is 0.223 e. The molecule has 1 saturated heterocycles. The molecule has 1 aliphatic rings. The Morgan fingerprint density at radius 1 is 1.04 bits per heavy atom. The summed E-state index contributed by atoms with van der Waals surface area (Å²) in [6, 6.07) is 16.3. The molecular formula is C19H21NO3S. The molecule has 3 rings (SSSR count). The molecule has 0 bridgehead atoms. The van der Waals surface area contributed by atoms with Crippen LogP contribution in [0.4, 0.5) is 0 Å². The van der Waals surface area contributed by atoms with Crippen molar-refractivity contribution in [2.75, 3.05) is 5.75 Å². The third-order valence-electron chi connectivity index (χ3n) is 4.44. The smallest absolute Gasteiger partial charge is 0.223 e. The molecule has 2 aromatic rings. The van der Waals surface area contributed by atoms with E-state index < -0.39 is 9.84 Å². The fourth-order valence-corrected chi connectivity index (χ4v) is 4.66. The van der Waals surface area contributed by atoms with Gasteiger partial charge in [-0.3, -0.25) is 4.79 Å². The van der Waals surface area contributed by atoms with Crippen LogP contribution in [0.15, 0.2) is 59.5 Å². The molecule has 1 aliphatic heterocycles. The molecule has 1 heterocycles. The Morgan fingerprint density at radius 3 is 2.38 bits per heavy atom. The van der Waals surface area contributed by atoms with Gasteiger partial charge in [0.15, 0.2) is 9.84 Å². The molecule has 1 fully saturated rings. The zero-order chi connectivity index (χ0) is 17.2. The number of carbonyl (C=O) groups is 1. The van der Waals surface area contributed by atoms with Crippen molar-refractivity contribution in [2.24, 2.45) is 0 Å². The number of carbonyl (C=O) groups excluding carboxylic acids is 1. The normalized spacial score (nSPS) is 18.1. The van der Waals surface area contributed by atoms with E-state index >= 15 is 0 Å². The van der Waals surface area contributed by atoms with Crippen LogP contribution >= 0.6 is 0 Å². The lowest BCUT2D eigenvalue weighted by atomic mass is 10.2. The van der Waals surface area contributed by atoms with Gasteiger partial charge in [0.2, 0.25) is 5.91 Å². The molecule has 1 atom stereocenters. The third-order valence-corrected chi connectivity index (χ3v) is 6.25. The minimum atomic E-state index is -3.40. The van der Waals surface area contributed by atoms with E-state index in [1.54, 1.807) is 29.2 Å². The second-order valence-corrected chi connectivity index (χ2v) is 8.33. The van der Waals surface area contributed by atoms with E-state index in [4.69, 9.17) is 0 Å². The quantitative estimate of drug-likeness (QED) is 0.839. The highest BCUT2D eigenvalue weighted by atomic mass is 32.2. The highest BCUT2D eigenvalue weighted by molar-refractivity contribution is 7.91. The van der Waals surface area contributed by atoms with E-state index in [-0.39, 0.29) is 17.7 Å². The number of rotatable bonds is 5. The molecule has 126 valence electrons. The lowest BCUT2D eigenvalue weighted by Gasteiger charge is -2.25. The molecular weight excluding hydrogens is 322 g/mol. The summed E-state index contributed by atoms with van der Waals surface area (Å²) in [5.74, 6) is 0.0113. The number of nitrogens with zero attached hydrogens (tertiary/aromatic N) is 1. The van der Waals surface area contributed by atoms with Crippen molar-refractivity contribution in [1.82, 2.24) is 4.90 Å². The summed E-state index contributed by atoms with van der Waals surface area (Å²) in [4.78, 5) is 14.2. The van der Waals surface area contributed by atoms with Crippen LogP contribution in [0, 0.1) is 6.92 Å². The predicted molar refractivity (Wildman–Crippen MR) is 93.2 cm³/mol. The van der Waals surface area contributed by atoms with Gasteiger partial charge in [-0.15, -0.1) is 0 Å². The molecule has 2 aromatic carbocycles. The molecule has 0 N–H and O–H groups in total. The van der Waals surface area contributed by atoms with Crippen LogP contribution in [0.1, 0.15) is 24.0 Å². The van der Waals surface area contributed by atoms with E-state index in [1.807, 2.05) is 37.3 Å². The maximum absolute atomic E-state index is 12.7. The van der Waals surface area contributed by atoms with Gasteiger partial charge in [-0.1, -0.05) is 48.0 Å². The molecule has 5 heteroatoms. The first kappa shape index (κ1) is 16.7. The Labute approximate surface area is 143 Å². The average molecular weight is 343 g/mol. The van der Waals surface area contributed by atoms with Gasteiger partial charge in [0, 0.05) is 19.0 Å². The van der Waals surface area contributed by atoms with Gasteiger partial charge in [0.1, 0.15) is 0 Å². The standard InChI is InChI=1S/C19H21NO3S/c1-15-7-10-18(11-8-15)24(22,23)14-17-9-12-19(21)20(17)13-16-5-3-2-4-6-16/h2-8,10-11,17H,9,12-14H2,1H3. The summed E-state index contributed by atoms with van der Waals surface area (Å²) in [5, 5.41) is 0. The summed E-state index contributed by atoms with van der Waals surface area (Å²) in [5.41, 5.74) is 2.04. The van der Waals surface area contributed by atoms with Gasteiger partial charge in [-0.05, 0) is 31.0 Å². The zero-order valence-corrected chi connectivity index (χ0v) is 14.5. The van der Waals surface area contributed by atoms with Crippen molar-refractivity contribution in [1.29, 1.82) is 0 Å². The van der Waals surface area contributed by atoms with Crippen LogP contribution in [0.25, 0.3) is 0 Å². The average Bonchev–Trinajstić information content (AvgIpc) is 2.89. The van der Waals surface area contributed by atoms with Crippen molar-refractivity contribution in [3.63, 3.8) is 0 Å². The van der Waals surface area contributed by atoms with Crippen molar-refractivity contribution in [3.8, 4) is 0 Å². The lowest BCUT2D eigenvalue weighted by Crippen LogP contribution is -2.37. The summed E-state index contributed by atoms with van der Waals surface area (Å²) in [7, 11) is -3.40. The zero-order valence-electron chi connectivity index (χ0n) is 13.7. The fraction of sp³-hybridized carbons (Fsp3) is 0.316. The second kappa shape index (κ2) is 6.77. The fourth-order valence-electron chi connectivity index (χ4n) is 3.06. The molecule has 1 unspecified atom stereocenters. The third kappa shape index (κ3) is 3.67. The van der Waals surface area contributed by atoms with Crippen LogP contribution in [0.5, 0.6) is 0 Å². The molecule has 1 amide bonds. The number of likely N-dealkylation sites (tertiary alicyclic amines) is 1. The summed E-state index contributed by atoms with van der Waals surface area (Å²) in [6.07, 6.45) is 1.01. The van der Waals surface area contributed by atoms with Crippen LogP contribution < -0.4 is 0 Å². The second-order valence-electron chi connectivity index (χ2n) is 6.29. The van der Waals surface area contributed by atoms with E-state index in [0.717, 1.165) is 11.1 Å². The highest BCUT2D eigenvalue weighted by Crippen LogP contribution is 2.25. The molecule has 0 saturated carbocycles. The van der Waals surface area contributed by atoms with Gasteiger partial charge in [-0.2, -0.15) is 0 Å². The summed E-state index contributed by atoms with van der Waals surface area (Å²) >= 11 is 0. The number of amides is 1. The topological polar surface area (TPSA) is 54.5 Å². The summed E-state index contributed by atoms with van der Waals surface area (Å²) in [6.45, 7) is 2.39. The number of aryl methyl sites for hydroxylation is 1. The molecule has 24 heavy (non-hydrogen) atoms. The van der Waals surface area contributed by atoms with E-state index in [0.29, 0.717) is 24.3 Å². The molecule has 0 aromatic heterocycles.